The Bertz CT molecular complexity index is 853. The molecule has 0 saturated heterocycles. The molecule has 0 radical (unpaired) electrons. The zero-order valence-corrected chi connectivity index (χ0v) is 14.2. The topological polar surface area (TPSA) is 58.7 Å². The van der Waals surface area contributed by atoms with Crippen molar-refractivity contribution in [2.45, 2.75) is 25.9 Å². The summed E-state index contributed by atoms with van der Waals surface area (Å²) in [7, 11) is 1.67. The monoisotopic (exact) mass is 323 g/mol. The number of quaternary nitrogens is 1. The van der Waals surface area contributed by atoms with Crippen LogP contribution in [0.25, 0.3) is 10.9 Å². The normalized spacial score (nSPS) is 13.6. The first kappa shape index (κ1) is 16.3. The molecule has 2 aromatic carbocycles. The van der Waals surface area contributed by atoms with Gasteiger partial charge in [0.25, 0.3) is 0 Å². The molecule has 1 heterocycles. The Kier molecular flexibility index (Phi) is 4.67. The maximum atomic E-state index is 12.9. The predicted octanol–water partition coefficient (Wildman–Crippen LogP) is 3.07. The average molecular weight is 323 g/mol. The fourth-order valence-electron chi connectivity index (χ4n) is 3.19. The largest absolute Gasteiger partial charge is 0.496 e. The number of hydrogen-bond acceptors (Lipinski definition) is 2. The van der Waals surface area contributed by atoms with Gasteiger partial charge in [-0.25, -0.2) is 0 Å². The van der Waals surface area contributed by atoms with E-state index in [1.54, 1.807) is 7.11 Å². The van der Waals surface area contributed by atoms with Crippen molar-refractivity contribution < 1.29 is 14.8 Å². The van der Waals surface area contributed by atoms with Gasteiger partial charge in [0.15, 0.2) is 0 Å². The van der Waals surface area contributed by atoms with E-state index in [-0.39, 0.29) is 17.9 Å². The lowest BCUT2D eigenvalue weighted by Gasteiger charge is -2.18. The van der Waals surface area contributed by atoms with Gasteiger partial charge < -0.3 is 15.0 Å². The fraction of sp³-hybridized carbons (Fsp3) is 0.250. The molecule has 24 heavy (non-hydrogen) atoms. The van der Waals surface area contributed by atoms with Crippen molar-refractivity contribution in [2.75, 3.05) is 7.11 Å². The van der Waals surface area contributed by atoms with Gasteiger partial charge in [0.05, 0.1) is 12.7 Å². The van der Waals surface area contributed by atoms with Crippen molar-refractivity contribution in [1.82, 2.24) is 4.98 Å². The van der Waals surface area contributed by atoms with Crippen LogP contribution in [0.15, 0.2) is 54.7 Å². The van der Waals surface area contributed by atoms with Crippen LogP contribution >= 0.6 is 0 Å². The summed E-state index contributed by atoms with van der Waals surface area (Å²) < 4.78 is 5.43. The third-order valence-corrected chi connectivity index (χ3v) is 4.48. The number of ketones is 1. The molecule has 1 aromatic heterocycles. The molecule has 2 atom stereocenters. The molecule has 0 aliphatic carbocycles. The number of aromatic amines is 1. The molecule has 0 aliphatic heterocycles. The van der Waals surface area contributed by atoms with E-state index >= 15 is 0 Å². The highest BCUT2D eigenvalue weighted by Gasteiger charge is 2.25. The maximum Gasteiger partial charge on any atom is 0.221 e. The van der Waals surface area contributed by atoms with E-state index in [2.05, 4.69) is 17.2 Å². The Morgan fingerprint density at radius 1 is 1.08 bits per heavy atom. The first-order valence-electron chi connectivity index (χ1n) is 8.20. The van der Waals surface area contributed by atoms with Crippen LogP contribution in [-0.2, 0) is 0 Å². The Morgan fingerprint density at radius 2 is 1.79 bits per heavy atom. The van der Waals surface area contributed by atoms with E-state index in [1.165, 1.54) is 0 Å². The minimum atomic E-state index is -0.177. The van der Waals surface area contributed by atoms with Gasteiger partial charge in [0.1, 0.15) is 17.8 Å². The first-order chi connectivity index (χ1) is 11.6. The molecule has 0 unspecified atom stereocenters. The number of ether oxygens (including phenoxy) is 1. The number of H-pyrrole nitrogens is 1. The first-order valence-corrected chi connectivity index (χ1v) is 8.20. The average Bonchev–Trinajstić information content (AvgIpc) is 3.04. The minimum absolute atomic E-state index is 0.130. The highest BCUT2D eigenvalue weighted by molar-refractivity contribution is 6.09. The van der Waals surface area contributed by atoms with Crippen LogP contribution in [0.2, 0.25) is 0 Å². The summed E-state index contributed by atoms with van der Waals surface area (Å²) in [5.41, 5.74) is 2.84. The number of nitrogens with two attached hydrogens (primary N) is 1. The molecule has 3 aromatic rings. The molecule has 124 valence electrons. The Labute approximate surface area is 141 Å². The van der Waals surface area contributed by atoms with Crippen LogP contribution in [-0.4, -0.2) is 23.9 Å². The number of hydrogen-bond donors (Lipinski definition) is 2. The minimum Gasteiger partial charge on any atom is -0.496 e. The van der Waals surface area contributed by atoms with Crippen LogP contribution in [0.1, 0.15) is 35.8 Å². The van der Waals surface area contributed by atoms with E-state index in [4.69, 9.17) is 4.74 Å². The van der Waals surface area contributed by atoms with E-state index in [9.17, 15) is 4.79 Å². The van der Waals surface area contributed by atoms with Gasteiger partial charge in [-0.15, -0.1) is 0 Å². The SMILES string of the molecule is COc1ccccc1[C@H](C)[NH2+][C@H](C)C(=O)c1c[nH]c2ccccc12. The number of aromatic nitrogens is 1. The number of nitrogens with one attached hydrogen (secondary N) is 1. The molecule has 0 fully saturated rings. The van der Waals surface area contributed by atoms with Crippen molar-refractivity contribution in [1.29, 1.82) is 0 Å². The standard InChI is InChI=1S/C20H22N2O2/c1-13(15-8-5-7-11-19(15)24-3)22-14(2)20(23)17-12-21-18-10-6-4-9-16(17)18/h4-14,21-22H,1-3H3/p+1/t13-,14+/m0/s1. The highest BCUT2D eigenvalue weighted by atomic mass is 16.5. The molecule has 0 bridgehead atoms. The summed E-state index contributed by atoms with van der Waals surface area (Å²) in [5, 5.41) is 3.06. The van der Waals surface area contributed by atoms with Gasteiger partial charge in [-0.05, 0) is 32.0 Å². The third kappa shape index (κ3) is 3.05. The van der Waals surface area contributed by atoms with Gasteiger partial charge in [0, 0.05) is 22.7 Å². The summed E-state index contributed by atoms with van der Waals surface area (Å²) in [6.07, 6.45) is 1.81. The maximum absolute atomic E-state index is 12.9. The number of fused-ring (bicyclic) bond motifs is 1. The number of rotatable bonds is 6. The van der Waals surface area contributed by atoms with Crippen LogP contribution in [0.4, 0.5) is 0 Å². The van der Waals surface area contributed by atoms with Gasteiger partial charge in [-0.1, -0.05) is 30.3 Å². The number of carbonyl (C=O) groups is 1. The molecule has 0 amide bonds. The molecule has 4 heteroatoms. The molecule has 3 N–H and O–H groups in total. The molecular weight excluding hydrogens is 300 g/mol. The second kappa shape index (κ2) is 6.89. The van der Waals surface area contributed by atoms with Gasteiger partial charge in [0.2, 0.25) is 5.78 Å². The van der Waals surface area contributed by atoms with Crippen LogP contribution in [0.5, 0.6) is 5.75 Å². The summed E-state index contributed by atoms with van der Waals surface area (Å²) in [6.45, 7) is 4.05. The highest BCUT2D eigenvalue weighted by Crippen LogP contribution is 2.23. The summed E-state index contributed by atoms with van der Waals surface area (Å²) in [6, 6.07) is 15.8. The van der Waals surface area contributed by atoms with Crippen LogP contribution in [0.3, 0.4) is 0 Å². The lowest BCUT2D eigenvalue weighted by Crippen LogP contribution is -2.91. The van der Waals surface area contributed by atoms with E-state index in [1.807, 2.05) is 61.7 Å². The Hall–Kier alpha value is -2.59. The number of Topliss-reactive ketones (excluding diaryl/α,β-unsaturated/α-hetero) is 1. The van der Waals surface area contributed by atoms with Crippen LogP contribution < -0.4 is 10.1 Å². The quantitative estimate of drug-likeness (QED) is 0.685. The smallest absolute Gasteiger partial charge is 0.221 e. The Balaban J connectivity index is 1.79. The number of para-hydroxylation sites is 2. The number of benzene rings is 2. The second-order valence-corrected chi connectivity index (χ2v) is 6.12. The predicted molar refractivity (Wildman–Crippen MR) is 95.4 cm³/mol. The lowest BCUT2D eigenvalue weighted by molar-refractivity contribution is -0.709. The second-order valence-electron chi connectivity index (χ2n) is 6.12. The van der Waals surface area contributed by atoms with E-state index < -0.39 is 0 Å². The summed E-state index contributed by atoms with van der Waals surface area (Å²) >= 11 is 0. The lowest BCUT2D eigenvalue weighted by atomic mass is 10.0. The van der Waals surface area contributed by atoms with E-state index in [0.29, 0.717) is 0 Å². The summed E-state index contributed by atoms with van der Waals surface area (Å²) in [5.74, 6) is 0.988. The zero-order chi connectivity index (χ0) is 17.1. The van der Waals surface area contributed by atoms with Gasteiger partial charge >= 0.3 is 0 Å². The molecule has 0 aliphatic rings. The van der Waals surface area contributed by atoms with Gasteiger partial charge in [-0.3, -0.25) is 4.79 Å². The molecule has 4 nitrogen and oxygen atoms in total. The van der Waals surface area contributed by atoms with Crippen LogP contribution in [0, 0.1) is 0 Å². The third-order valence-electron chi connectivity index (χ3n) is 4.48. The van der Waals surface area contributed by atoms with Crippen molar-refractivity contribution in [2.24, 2.45) is 0 Å². The van der Waals surface area contributed by atoms with Crippen molar-refractivity contribution in [3.8, 4) is 5.75 Å². The zero-order valence-electron chi connectivity index (χ0n) is 14.2. The van der Waals surface area contributed by atoms with E-state index in [0.717, 1.165) is 27.8 Å². The molecule has 3 rings (SSSR count). The van der Waals surface area contributed by atoms with Gasteiger partial charge in [-0.2, -0.15) is 0 Å². The molecular formula is C20H23N2O2+. The Morgan fingerprint density at radius 3 is 2.58 bits per heavy atom. The molecule has 0 saturated carbocycles. The van der Waals surface area contributed by atoms with Crippen molar-refractivity contribution >= 4 is 16.7 Å². The number of carbonyl (C=O) groups excluding carboxylic acids is 1. The van der Waals surface area contributed by atoms with Crippen molar-refractivity contribution in [3.05, 3.63) is 65.9 Å². The fourth-order valence-corrected chi connectivity index (χ4v) is 3.19. The van der Waals surface area contributed by atoms with Crippen molar-refractivity contribution in [3.63, 3.8) is 0 Å². The molecule has 0 spiro atoms. The summed E-state index contributed by atoms with van der Waals surface area (Å²) in [4.78, 5) is 16.0. The number of methoxy groups -OCH3 is 1.